The lowest BCUT2D eigenvalue weighted by Gasteiger charge is -2.23. The maximum Gasteiger partial charge on any atom is 0.218 e. The minimum atomic E-state index is -3.60. The molecule has 2 rings (SSSR count). The Morgan fingerprint density at radius 3 is 2.95 bits per heavy atom. The Bertz CT molecular complexity index is 642. The topological polar surface area (TPSA) is 73.2 Å². The van der Waals surface area contributed by atoms with E-state index in [1.807, 2.05) is 6.07 Å². The molecule has 0 aliphatic carbocycles. The van der Waals surface area contributed by atoms with Gasteiger partial charge in [-0.25, -0.2) is 12.8 Å². The predicted molar refractivity (Wildman–Crippen MR) is 77.7 cm³/mol. The molecule has 1 aliphatic rings. The van der Waals surface area contributed by atoms with Crippen molar-refractivity contribution in [3.8, 4) is 6.07 Å². The van der Waals surface area contributed by atoms with Crippen LogP contribution in [0.3, 0.4) is 0 Å². The number of benzene rings is 1. The van der Waals surface area contributed by atoms with Crippen molar-refractivity contribution in [2.24, 2.45) is 0 Å². The maximum absolute atomic E-state index is 13.6. The summed E-state index contributed by atoms with van der Waals surface area (Å²) < 4.78 is 39.8. The number of nitrogens with one attached hydrogen (secondary N) is 1. The molecule has 21 heavy (non-hydrogen) atoms. The molecule has 0 unspecified atom stereocenters. The van der Waals surface area contributed by atoms with Gasteiger partial charge >= 0.3 is 0 Å². The molecule has 0 spiro atoms. The van der Waals surface area contributed by atoms with E-state index in [4.69, 9.17) is 5.26 Å². The van der Waals surface area contributed by atoms with Gasteiger partial charge in [0.15, 0.2) is 0 Å². The van der Waals surface area contributed by atoms with Crippen LogP contribution in [-0.2, 0) is 15.8 Å². The number of sulfonamides is 1. The second-order valence-corrected chi connectivity index (χ2v) is 7.10. The Hall–Kier alpha value is -1.49. The summed E-state index contributed by atoms with van der Waals surface area (Å²) in [6, 6.07) is 8.11. The van der Waals surface area contributed by atoms with Crippen LogP contribution in [0, 0.1) is 11.3 Å². The summed E-state index contributed by atoms with van der Waals surface area (Å²) in [6.07, 6.45) is -0.901. The van der Waals surface area contributed by atoms with Crippen molar-refractivity contribution in [3.05, 3.63) is 35.4 Å². The van der Waals surface area contributed by atoms with Gasteiger partial charge in [-0.3, -0.25) is 0 Å². The Kier molecular flexibility index (Phi) is 4.93. The van der Waals surface area contributed by atoms with E-state index in [1.165, 1.54) is 4.31 Å². The first-order valence-electron chi connectivity index (χ1n) is 6.73. The number of hydrogen-bond acceptors (Lipinski definition) is 4. The molecule has 0 saturated carbocycles. The molecule has 7 heteroatoms. The average Bonchev–Trinajstić information content (AvgIpc) is 2.81. The maximum atomic E-state index is 13.6. The lowest BCUT2D eigenvalue weighted by atomic mass is 10.2. The predicted octanol–water partition coefficient (Wildman–Crippen LogP) is 1.02. The van der Waals surface area contributed by atoms with Crippen LogP contribution >= 0.6 is 0 Å². The molecule has 1 saturated heterocycles. The molecule has 1 N–H and O–H groups in total. The van der Waals surface area contributed by atoms with Crippen molar-refractivity contribution >= 4 is 10.0 Å². The number of likely N-dealkylation sites (N-methyl/N-ethyl adjacent to an activating group) is 1. The normalized spacial score (nSPS) is 23.1. The van der Waals surface area contributed by atoms with Crippen molar-refractivity contribution in [1.29, 1.82) is 5.26 Å². The molecule has 114 valence electrons. The Labute approximate surface area is 124 Å². The van der Waals surface area contributed by atoms with E-state index in [1.54, 1.807) is 31.3 Å². The van der Waals surface area contributed by atoms with E-state index < -0.39 is 16.2 Å². The highest BCUT2D eigenvalue weighted by Gasteiger charge is 2.39. The lowest BCUT2D eigenvalue weighted by molar-refractivity contribution is 0.342. The standard InChI is InChI=1S/C14H18FN3O2S/c1-17-8-14-6-13(15)9-18(14)21(19,20)10-12-4-2-3-11(5-12)7-16/h2-5,13-14,17H,6,8-10H2,1H3/t13-,14-/m0/s1. The number of hydrogen-bond donors (Lipinski definition) is 1. The number of halogens is 1. The molecule has 1 fully saturated rings. The van der Waals surface area contributed by atoms with Crippen LogP contribution in [0.25, 0.3) is 0 Å². The summed E-state index contributed by atoms with van der Waals surface area (Å²) in [5.41, 5.74) is 0.957. The van der Waals surface area contributed by atoms with E-state index >= 15 is 0 Å². The highest BCUT2D eigenvalue weighted by Crippen LogP contribution is 2.25. The molecule has 1 heterocycles. The molecular weight excluding hydrogens is 293 g/mol. The van der Waals surface area contributed by atoms with Gasteiger partial charge in [0.25, 0.3) is 0 Å². The van der Waals surface area contributed by atoms with Gasteiger partial charge in [-0.05, 0) is 31.2 Å². The molecule has 0 radical (unpaired) electrons. The molecule has 1 aromatic rings. The monoisotopic (exact) mass is 311 g/mol. The van der Waals surface area contributed by atoms with Gasteiger partial charge in [0, 0.05) is 19.1 Å². The minimum absolute atomic E-state index is 0.0907. The second-order valence-electron chi connectivity index (χ2n) is 5.18. The number of alkyl halides is 1. The zero-order valence-corrected chi connectivity index (χ0v) is 12.6. The summed E-state index contributed by atoms with van der Waals surface area (Å²) in [5, 5.41) is 11.7. The van der Waals surface area contributed by atoms with Gasteiger partial charge in [0.2, 0.25) is 10.0 Å². The van der Waals surface area contributed by atoms with Crippen molar-refractivity contribution in [2.75, 3.05) is 20.1 Å². The van der Waals surface area contributed by atoms with Crippen LogP contribution in [0.2, 0.25) is 0 Å². The minimum Gasteiger partial charge on any atom is -0.318 e. The second kappa shape index (κ2) is 6.52. The van der Waals surface area contributed by atoms with Gasteiger partial charge in [-0.1, -0.05) is 12.1 Å². The third-order valence-corrected chi connectivity index (χ3v) is 5.38. The SMILES string of the molecule is CNC[C@@H]1C[C@H](F)CN1S(=O)(=O)Cc1cccc(C#N)c1. The Morgan fingerprint density at radius 1 is 1.52 bits per heavy atom. The van der Waals surface area contributed by atoms with E-state index in [0.29, 0.717) is 17.7 Å². The van der Waals surface area contributed by atoms with E-state index in [2.05, 4.69) is 5.32 Å². The van der Waals surface area contributed by atoms with E-state index in [-0.39, 0.29) is 24.8 Å². The molecular formula is C14H18FN3O2S. The largest absolute Gasteiger partial charge is 0.318 e. The summed E-state index contributed by atoms with van der Waals surface area (Å²) in [5.74, 6) is -0.213. The number of rotatable bonds is 5. The Morgan fingerprint density at radius 2 is 2.29 bits per heavy atom. The number of nitriles is 1. The van der Waals surface area contributed by atoms with Gasteiger partial charge in [0.05, 0.1) is 17.4 Å². The molecule has 0 bridgehead atoms. The molecule has 0 amide bonds. The van der Waals surface area contributed by atoms with Crippen molar-refractivity contribution in [1.82, 2.24) is 9.62 Å². The van der Waals surface area contributed by atoms with Crippen LogP contribution < -0.4 is 5.32 Å². The van der Waals surface area contributed by atoms with Crippen molar-refractivity contribution in [2.45, 2.75) is 24.4 Å². The summed E-state index contributed by atoms with van der Waals surface area (Å²) in [4.78, 5) is 0. The van der Waals surface area contributed by atoms with Crippen molar-refractivity contribution in [3.63, 3.8) is 0 Å². The smallest absolute Gasteiger partial charge is 0.218 e. The highest BCUT2D eigenvalue weighted by atomic mass is 32.2. The first kappa shape index (κ1) is 15.9. The van der Waals surface area contributed by atoms with Crippen LogP contribution in [0.15, 0.2) is 24.3 Å². The van der Waals surface area contributed by atoms with Gasteiger partial charge in [-0.15, -0.1) is 0 Å². The summed E-state index contributed by atoms with van der Waals surface area (Å²) in [6.45, 7) is 0.338. The van der Waals surface area contributed by atoms with Gasteiger partial charge < -0.3 is 5.32 Å². The highest BCUT2D eigenvalue weighted by molar-refractivity contribution is 7.88. The Balaban J connectivity index is 2.19. The molecule has 5 nitrogen and oxygen atoms in total. The zero-order chi connectivity index (χ0) is 15.5. The number of nitrogens with zero attached hydrogens (tertiary/aromatic N) is 2. The third kappa shape index (κ3) is 3.79. The first-order valence-corrected chi connectivity index (χ1v) is 8.34. The molecule has 1 aliphatic heterocycles. The van der Waals surface area contributed by atoms with E-state index in [0.717, 1.165) is 0 Å². The van der Waals surface area contributed by atoms with Gasteiger partial charge in [0.1, 0.15) is 6.17 Å². The van der Waals surface area contributed by atoms with E-state index in [9.17, 15) is 12.8 Å². The average molecular weight is 311 g/mol. The van der Waals surface area contributed by atoms with Crippen LogP contribution in [0.5, 0.6) is 0 Å². The van der Waals surface area contributed by atoms with Gasteiger partial charge in [-0.2, -0.15) is 9.57 Å². The fourth-order valence-corrected chi connectivity index (χ4v) is 4.39. The van der Waals surface area contributed by atoms with Crippen LogP contribution in [0.1, 0.15) is 17.5 Å². The molecule has 1 aromatic carbocycles. The zero-order valence-electron chi connectivity index (χ0n) is 11.8. The van der Waals surface area contributed by atoms with Crippen molar-refractivity contribution < 1.29 is 12.8 Å². The third-order valence-electron chi connectivity index (χ3n) is 3.52. The fraction of sp³-hybridized carbons (Fsp3) is 0.500. The van der Waals surface area contributed by atoms with Crippen LogP contribution in [0.4, 0.5) is 4.39 Å². The lowest BCUT2D eigenvalue weighted by Crippen LogP contribution is -2.41. The van der Waals surface area contributed by atoms with Crippen LogP contribution in [-0.4, -0.2) is 45.1 Å². The molecule has 0 aromatic heterocycles. The first-order chi connectivity index (χ1) is 9.96. The molecule has 2 atom stereocenters. The quantitative estimate of drug-likeness (QED) is 0.881. The summed E-state index contributed by atoms with van der Waals surface area (Å²) >= 11 is 0. The fourth-order valence-electron chi connectivity index (χ4n) is 2.62. The summed E-state index contributed by atoms with van der Waals surface area (Å²) in [7, 11) is -1.88.